The number of sulfonamides is 1. The zero-order chi connectivity index (χ0) is 28.4. The third kappa shape index (κ3) is 7.17. The van der Waals surface area contributed by atoms with Gasteiger partial charge in [-0.15, -0.1) is 0 Å². The normalized spacial score (nSPS) is 11.9. The van der Waals surface area contributed by atoms with E-state index < -0.39 is 28.5 Å². The van der Waals surface area contributed by atoms with Gasteiger partial charge in [0, 0.05) is 13.1 Å². The lowest BCUT2D eigenvalue weighted by atomic mass is 10.1. The van der Waals surface area contributed by atoms with Crippen LogP contribution in [0.4, 0.5) is 5.69 Å². The van der Waals surface area contributed by atoms with Crippen molar-refractivity contribution in [2.75, 3.05) is 24.5 Å². The Morgan fingerprint density at radius 1 is 0.923 bits per heavy atom. The van der Waals surface area contributed by atoms with Crippen molar-refractivity contribution in [3.63, 3.8) is 0 Å². The van der Waals surface area contributed by atoms with Crippen molar-refractivity contribution in [3.05, 3.63) is 90.0 Å². The Labute approximate surface area is 231 Å². The highest BCUT2D eigenvalue weighted by atomic mass is 32.2. The number of hydrogen-bond acceptors (Lipinski definition) is 5. The van der Waals surface area contributed by atoms with Gasteiger partial charge in [-0.25, -0.2) is 8.42 Å². The van der Waals surface area contributed by atoms with Crippen molar-refractivity contribution in [1.29, 1.82) is 0 Å². The van der Waals surface area contributed by atoms with Crippen LogP contribution in [0.15, 0.2) is 83.8 Å². The maximum Gasteiger partial charge on any atom is 0.264 e. The van der Waals surface area contributed by atoms with E-state index in [1.165, 1.54) is 24.1 Å². The zero-order valence-electron chi connectivity index (χ0n) is 23.0. The summed E-state index contributed by atoms with van der Waals surface area (Å²) in [6, 6.07) is 21.5. The largest absolute Gasteiger partial charge is 0.495 e. The second kappa shape index (κ2) is 13.8. The Bertz CT molecular complexity index is 1360. The molecule has 3 aromatic carbocycles. The summed E-state index contributed by atoms with van der Waals surface area (Å²) in [6.07, 6.45) is 1.12. The second-order valence-corrected chi connectivity index (χ2v) is 11.0. The van der Waals surface area contributed by atoms with Crippen molar-refractivity contribution in [3.8, 4) is 5.75 Å². The van der Waals surface area contributed by atoms with E-state index in [1.807, 2.05) is 45.0 Å². The molecule has 1 N–H and O–H groups in total. The number of benzene rings is 3. The fraction of sp³-hybridized carbons (Fsp3) is 0.333. The molecule has 0 fully saturated rings. The van der Waals surface area contributed by atoms with E-state index in [0.29, 0.717) is 18.7 Å². The van der Waals surface area contributed by atoms with Crippen molar-refractivity contribution >= 4 is 27.5 Å². The van der Waals surface area contributed by atoms with Gasteiger partial charge in [0.25, 0.3) is 10.0 Å². The average molecular weight is 552 g/mol. The second-order valence-electron chi connectivity index (χ2n) is 9.16. The number of methoxy groups -OCH3 is 1. The van der Waals surface area contributed by atoms with E-state index in [9.17, 15) is 18.0 Å². The number of carbonyl (C=O) groups is 2. The topological polar surface area (TPSA) is 96.0 Å². The number of nitrogens with one attached hydrogen (secondary N) is 1. The Kier molecular flexibility index (Phi) is 10.5. The van der Waals surface area contributed by atoms with E-state index in [0.717, 1.165) is 21.9 Å². The van der Waals surface area contributed by atoms with Crippen molar-refractivity contribution < 1.29 is 22.7 Å². The molecular weight excluding hydrogens is 514 g/mol. The monoisotopic (exact) mass is 551 g/mol. The first kappa shape index (κ1) is 29.7. The molecule has 0 aromatic heterocycles. The molecular formula is C30H37N3O5S. The van der Waals surface area contributed by atoms with Gasteiger partial charge in [0.15, 0.2) is 0 Å². The molecule has 0 heterocycles. The quantitative estimate of drug-likeness (QED) is 0.337. The number of aryl methyl sites for hydroxylation is 1. The van der Waals surface area contributed by atoms with Crippen LogP contribution >= 0.6 is 0 Å². The first-order valence-electron chi connectivity index (χ1n) is 13.1. The van der Waals surface area contributed by atoms with Crippen LogP contribution in [0.3, 0.4) is 0 Å². The lowest BCUT2D eigenvalue weighted by Crippen LogP contribution is -2.52. The fourth-order valence-corrected chi connectivity index (χ4v) is 5.77. The molecule has 1 atom stereocenters. The number of rotatable bonds is 13. The number of nitrogens with zero attached hydrogens (tertiary/aromatic N) is 2. The van der Waals surface area contributed by atoms with Gasteiger partial charge in [0.05, 0.1) is 17.7 Å². The number of para-hydroxylation sites is 2. The van der Waals surface area contributed by atoms with Gasteiger partial charge in [-0.3, -0.25) is 13.9 Å². The summed E-state index contributed by atoms with van der Waals surface area (Å²) in [5.74, 6) is -0.457. The zero-order valence-corrected chi connectivity index (χ0v) is 23.8. The summed E-state index contributed by atoms with van der Waals surface area (Å²) in [6.45, 7) is 5.87. The van der Waals surface area contributed by atoms with E-state index >= 15 is 0 Å². The van der Waals surface area contributed by atoms with Gasteiger partial charge in [-0.2, -0.15) is 0 Å². The van der Waals surface area contributed by atoms with Crippen LogP contribution in [0.5, 0.6) is 5.75 Å². The highest BCUT2D eigenvalue weighted by Gasteiger charge is 2.34. The molecule has 0 bridgehead atoms. The lowest BCUT2D eigenvalue weighted by molar-refractivity contribution is -0.140. The van der Waals surface area contributed by atoms with Crippen molar-refractivity contribution in [2.45, 2.75) is 51.1 Å². The maximum absolute atomic E-state index is 14.1. The summed E-state index contributed by atoms with van der Waals surface area (Å²) in [4.78, 5) is 28.8. The van der Waals surface area contributed by atoms with Gasteiger partial charge in [-0.1, -0.05) is 68.4 Å². The van der Waals surface area contributed by atoms with Crippen molar-refractivity contribution in [1.82, 2.24) is 10.2 Å². The molecule has 0 aliphatic carbocycles. The molecule has 8 nitrogen and oxygen atoms in total. The molecule has 3 aromatic rings. The lowest BCUT2D eigenvalue weighted by Gasteiger charge is -2.33. The van der Waals surface area contributed by atoms with E-state index in [4.69, 9.17) is 4.74 Å². The van der Waals surface area contributed by atoms with Gasteiger partial charge in [0.1, 0.15) is 18.3 Å². The van der Waals surface area contributed by atoms with Gasteiger partial charge in [0.2, 0.25) is 11.8 Å². The summed E-state index contributed by atoms with van der Waals surface area (Å²) in [7, 11) is -2.71. The number of amides is 2. The summed E-state index contributed by atoms with van der Waals surface area (Å²) < 4.78 is 34.3. The number of anilines is 1. The van der Waals surface area contributed by atoms with Crippen LogP contribution in [0.2, 0.25) is 0 Å². The molecule has 0 aliphatic heterocycles. The van der Waals surface area contributed by atoms with Gasteiger partial charge in [-0.05, 0) is 55.2 Å². The first-order valence-corrected chi connectivity index (χ1v) is 14.5. The van der Waals surface area contributed by atoms with Crippen LogP contribution in [0.1, 0.15) is 37.8 Å². The smallest absolute Gasteiger partial charge is 0.264 e. The standard InChI is InChI=1S/C30H37N3O5S/c1-5-20-31-30(35)26(6-2)32(21-24-15-11-10-14-23(24)3)29(34)22-33(27-18-12-13-19-28(27)38-4)39(36,37)25-16-8-7-9-17-25/h7-19,26H,5-6,20-22H2,1-4H3,(H,31,35)/t26-/m0/s1. The molecule has 0 spiro atoms. The molecule has 208 valence electrons. The molecule has 0 unspecified atom stereocenters. The third-order valence-corrected chi connectivity index (χ3v) is 8.27. The van der Waals surface area contributed by atoms with E-state index in [-0.39, 0.29) is 23.0 Å². The minimum Gasteiger partial charge on any atom is -0.495 e. The molecule has 0 saturated heterocycles. The summed E-state index contributed by atoms with van der Waals surface area (Å²) in [5.41, 5.74) is 2.08. The Balaban J connectivity index is 2.09. The molecule has 0 saturated carbocycles. The van der Waals surface area contributed by atoms with Crippen LogP contribution < -0.4 is 14.4 Å². The molecule has 3 rings (SSSR count). The highest BCUT2D eigenvalue weighted by molar-refractivity contribution is 7.92. The molecule has 9 heteroatoms. The van der Waals surface area contributed by atoms with Crippen LogP contribution in [0.25, 0.3) is 0 Å². The van der Waals surface area contributed by atoms with E-state index in [1.54, 1.807) is 42.5 Å². The summed E-state index contributed by atoms with van der Waals surface area (Å²) >= 11 is 0. The van der Waals surface area contributed by atoms with Crippen molar-refractivity contribution in [2.24, 2.45) is 0 Å². The highest BCUT2D eigenvalue weighted by Crippen LogP contribution is 2.32. The fourth-order valence-electron chi connectivity index (χ4n) is 4.33. The molecule has 0 radical (unpaired) electrons. The van der Waals surface area contributed by atoms with Gasteiger partial charge >= 0.3 is 0 Å². The Hall–Kier alpha value is -3.85. The van der Waals surface area contributed by atoms with E-state index in [2.05, 4.69) is 5.32 Å². The van der Waals surface area contributed by atoms with Crippen LogP contribution in [-0.2, 0) is 26.2 Å². The maximum atomic E-state index is 14.1. The first-order chi connectivity index (χ1) is 18.7. The minimum atomic E-state index is -4.16. The molecule has 2 amide bonds. The SMILES string of the molecule is CCCNC(=O)[C@H](CC)N(Cc1ccccc1C)C(=O)CN(c1ccccc1OC)S(=O)(=O)c1ccccc1. The van der Waals surface area contributed by atoms with Crippen LogP contribution in [-0.4, -0.2) is 51.4 Å². The predicted octanol–water partition coefficient (Wildman–Crippen LogP) is 4.53. The average Bonchev–Trinajstić information content (AvgIpc) is 2.95. The number of carbonyl (C=O) groups excluding carboxylic acids is 2. The molecule has 0 aliphatic rings. The Morgan fingerprint density at radius 2 is 1.56 bits per heavy atom. The van der Waals surface area contributed by atoms with Gasteiger partial charge < -0.3 is 15.0 Å². The minimum absolute atomic E-state index is 0.0434. The third-order valence-electron chi connectivity index (χ3n) is 6.50. The predicted molar refractivity (Wildman–Crippen MR) is 153 cm³/mol. The number of hydrogen-bond donors (Lipinski definition) is 1. The van der Waals surface area contributed by atoms with Crippen LogP contribution in [0, 0.1) is 6.92 Å². The number of ether oxygens (including phenoxy) is 1. The summed E-state index contributed by atoms with van der Waals surface area (Å²) in [5, 5.41) is 2.89. The Morgan fingerprint density at radius 3 is 2.21 bits per heavy atom. The molecule has 39 heavy (non-hydrogen) atoms.